The molecule has 0 saturated heterocycles. The third-order valence-corrected chi connectivity index (χ3v) is 3.14. The molecule has 0 aliphatic carbocycles. The molecule has 0 spiro atoms. The predicted octanol–water partition coefficient (Wildman–Crippen LogP) is 2.46. The summed E-state index contributed by atoms with van der Waals surface area (Å²) in [6, 6.07) is 5.70. The topological polar surface area (TPSA) is 78.9 Å². The molecule has 2 N–H and O–H groups in total. The number of hydrogen-bond acceptors (Lipinski definition) is 4. The van der Waals surface area contributed by atoms with Crippen LogP contribution in [-0.4, -0.2) is 27.7 Å². The fraction of sp³-hybridized carbons (Fsp3) is 0.375. The number of hydroxylamine groups is 1. The molecular weight excluding hydrogens is 284 g/mol. The number of benzene rings is 1. The quantitative estimate of drug-likeness (QED) is 0.500. The number of nitrogens with one attached hydrogen (secondary N) is 1. The Bertz CT molecular complexity index is 617. The summed E-state index contributed by atoms with van der Waals surface area (Å²) in [6.07, 6.45) is 2.50. The molecule has 0 radical (unpaired) electrons. The molecule has 1 aromatic carbocycles. The average Bonchev–Trinajstić information content (AvgIpc) is 2.86. The van der Waals surface area contributed by atoms with Crippen LogP contribution in [0.2, 0.25) is 0 Å². The third-order valence-electron chi connectivity index (χ3n) is 3.14. The van der Waals surface area contributed by atoms with E-state index in [1.807, 2.05) is 39.0 Å². The summed E-state index contributed by atoms with van der Waals surface area (Å²) in [7, 11) is 0. The SMILES string of the molecule is CC(C)(C)OC(=O)N1Cc2ccc(/C=C/C(=O)NO)cc2C1. The Hall–Kier alpha value is -2.34. The van der Waals surface area contributed by atoms with Gasteiger partial charge >= 0.3 is 6.09 Å². The maximum atomic E-state index is 12.1. The van der Waals surface area contributed by atoms with Gasteiger partial charge in [-0.1, -0.05) is 12.1 Å². The zero-order chi connectivity index (χ0) is 16.3. The van der Waals surface area contributed by atoms with Gasteiger partial charge in [0.25, 0.3) is 5.91 Å². The smallest absolute Gasteiger partial charge is 0.410 e. The summed E-state index contributed by atoms with van der Waals surface area (Å²) in [6.45, 7) is 6.51. The Morgan fingerprint density at radius 3 is 2.59 bits per heavy atom. The van der Waals surface area contributed by atoms with Gasteiger partial charge in [-0.15, -0.1) is 0 Å². The minimum absolute atomic E-state index is 0.333. The lowest BCUT2D eigenvalue weighted by Gasteiger charge is -2.24. The minimum atomic E-state index is -0.587. The first-order valence-electron chi connectivity index (χ1n) is 7.00. The van der Waals surface area contributed by atoms with Gasteiger partial charge in [0.1, 0.15) is 5.60 Å². The summed E-state index contributed by atoms with van der Waals surface area (Å²) in [5, 5.41) is 8.45. The second-order valence-corrected chi connectivity index (χ2v) is 6.17. The maximum absolute atomic E-state index is 12.1. The summed E-state index contributed by atoms with van der Waals surface area (Å²) in [5.41, 5.74) is 3.94. The number of fused-ring (bicyclic) bond motifs is 1. The van der Waals surface area contributed by atoms with Crippen LogP contribution < -0.4 is 5.48 Å². The molecule has 1 aromatic rings. The molecule has 0 saturated carbocycles. The largest absolute Gasteiger partial charge is 0.444 e. The van der Waals surface area contributed by atoms with Crippen molar-refractivity contribution in [2.75, 3.05) is 0 Å². The molecule has 2 rings (SSSR count). The van der Waals surface area contributed by atoms with Gasteiger partial charge in [-0.05, 0) is 49.6 Å². The minimum Gasteiger partial charge on any atom is -0.444 e. The molecule has 0 aromatic heterocycles. The van der Waals surface area contributed by atoms with Crippen LogP contribution in [-0.2, 0) is 22.6 Å². The van der Waals surface area contributed by atoms with Crippen LogP contribution in [0.1, 0.15) is 37.5 Å². The van der Waals surface area contributed by atoms with Gasteiger partial charge in [-0.2, -0.15) is 0 Å². The van der Waals surface area contributed by atoms with Crippen molar-refractivity contribution >= 4 is 18.1 Å². The molecule has 1 heterocycles. The number of rotatable bonds is 2. The highest BCUT2D eigenvalue weighted by Crippen LogP contribution is 2.26. The highest BCUT2D eigenvalue weighted by molar-refractivity contribution is 5.90. The molecular formula is C16H20N2O4. The number of amides is 2. The summed E-state index contributed by atoms with van der Waals surface area (Å²) >= 11 is 0. The second-order valence-electron chi connectivity index (χ2n) is 6.17. The normalized spacial score (nSPS) is 14.1. The lowest BCUT2D eigenvalue weighted by molar-refractivity contribution is -0.124. The molecule has 0 unspecified atom stereocenters. The Morgan fingerprint density at radius 2 is 1.95 bits per heavy atom. The number of hydrogen-bond donors (Lipinski definition) is 2. The first kappa shape index (κ1) is 16.0. The molecule has 1 aliphatic rings. The summed E-state index contributed by atoms with van der Waals surface area (Å²) < 4.78 is 5.37. The Morgan fingerprint density at radius 1 is 1.27 bits per heavy atom. The maximum Gasteiger partial charge on any atom is 0.410 e. The second kappa shape index (κ2) is 6.19. The van der Waals surface area contributed by atoms with E-state index in [1.165, 1.54) is 11.6 Å². The number of ether oxygens (including phenoxy) is 1. The fourth-order valence-electron chi connectivity index (χ4n) is 2.18. The Balaban J connectivity index is 2.07. The highest BCUT2D eigenvalue weighted by Gasteiger charge is 2.27. The van der Waals surface area contributed by atoms with Crippen LogP contribution in [0.3, 0.4) is 0 Å². The first-order valence-corrected chi connectivity index (χ1v) is 7.00. The molecule has 6 heteroatoms. The van der Waals surface area contributed by atoms with Crippen LogP contribution in [0, 0.1) is 0 Å². The van der Waals surface area contributed by atoms with Gasteiger partial charge in [0.15, 0.2) is 0 Å². The van der Waals surface area contributed by atoms with Crippen molar-refractivity contribution in [3.8, 4) is 0 Å². The van der Waals surface area contributed by atoms with Crippen molar-refractivity contribution in [1.29, 1.82) is 0 Å². The van der Waals surface area contributed by atoms with E-state index in [9.17, 15) is 9.59 Å². The van der Waals surface area contributed by atoms with E-state index < -0.39 is 11.5 Å². The van der Waals surface area contributed by atoms with E-state index in [1.54, 1.807) is 11.0 Å². The van der Waals surface area contributed by atoms with Gasteiger partial charge in [-0.3, -0.25) is 14.9 Å². The predicted molar refractivity (Wildman–Crippen MR) is 80.9 cm³/mol. The molecule has 22 heavy (non-hydrogen) atoms. The zero-order valence-corrected chi connectivity index (χ0v) is 12.9. The van der Waals surface area contributed by atoms with Crippen molar-refractivity contribution in [2.45, 2.75) is 39.5 Å². The molecule has 1 aliphatic heterocycles. The van der Waals surface area contributed by atoms with Crippen molar-refractivity contribution in [3.05, 3.63) is 41.0 Å². The van der Waals surface area contributed by atoms with E-state index in [-0.39, 0.29) is 6.09 Å². The monoisotopic (exact) mass is 304 g/mol. The standard InChI is InChI=1S/C16H20N2O4/c1-16(2,3)22-15(20)18-9-12-6-4-11(8-13(12)10-18)5-7-14(19)17-21/h4-8,21H,9-10H2,1-3H3,(H,17,19)/b7-5+. The van der Waals surface area contributed by atoms with Gasteiger partial charge in [-0.25, -0.2) is 10.3 Å². The molecule has 0 fully saturated rings. The van der Waals surface area contributed by atoms with E-state index in [0.717, 1.165) is 16.7 Å². The first-order chi connectivity index (χ1) is 10.3. The molecule has 6 nitrogen and oxygen atoms in total. The zero-order valence-electron chi connectivity index (χ0n) is 12.9. The lowest BCUT2D eigenvalue weighted by Crippen LogP contribution is -2.33. The number of carbonyl (C=O) groups is 2. The van der Waals surface area contributed by atoms with Crippen molar-refractivity contribution in [3.63, 3.8) is 0 Å². The lowest BCUT2D eigenvalue weighted by atomic mass is 10.1. The molecule has 0 atom stereocenters. The average molecular weight is 304 g/mol. The number of carbonyl (C=O) groups excluding carboxylic acids is 2. The Labute approximate surface area is 129 Å². The summed E-state index contributed by atoms with van der Waals surface area (Å²) in [4.78, 5) is 24.7. The van der Waals surface area contributed by atoms with E-state index in [2.05, 4.69) is 0 Å². The van der Waals surface area contributed by atoms with E-state index in [4.69, 9.17) is 9.94 Å². The van der Waals surface area contributed by atoms with Crippen molar-refractivity contribution < 1.29 is 19.5 Å². The molecule has 2 amide bonds. The number of nitrogens with zero attached hydrogens (tertiary/aromatic N) is 1. The summed E-state index contributed by atoms with van der Waals surface area (Å²) in [5.74, 6) is -0.587. The van der Waals surface area contributed by atoms with Gasteiger partial charge in [0.05, 0.1) is 0 Å². The van der Waals surface area contributed by atoms with Crippen LogP contribution >= 0.6 is 0 Å². The van der Waals surface area contributed by atoms with E-state index in [0.29, 0.717) is 13.1 Å². The van der Waals surface area contributed by atoms with Crippen molar-refractivity contribution in [1.82, 2.24) is 10.4 Å². The molecule has 118 valence electrons. The molecule has 0 bridgehead atoms. The van der Waals surface area contributed by atoms with E-state index >= 15 is 0 Å². The van der Waals surface area contributed by atoms with Crippen LogP contribution in [0.5, 0.6) is 0 Å². The fourth-order valence-corrected chi connectivity index (χ4v) is 2.18. The van der Waals surface area contributed by atoms with Crippen LogP contribution in [0.25, 0.3) is 6.08 Å². The third kappa shape index (κ3) is 4.08. The van der Waals surface area contributed by atoms with Gasteiger partial charge in [0, 0.05) is 19.2 Å². The highest BCUT2D eigenvalue weighted by atomic mass is 16.6. The van der Waals surface area contributed by atoms with Gasteiger partial charge < -0.3 is 4.74 Å². The van der Waals surface area contributed by atoms with Gasteiger partial charge in [0.2, 0.25) is 0 Å². The van der Waals surface area contributed by atoms with Crippen LogP contribution in [0.4, 0.5) is 4.79 Å². The Kier molecular flexibility index (Phi) is 4.51. The van der Waals surface area contributed by atoms with Crippen molar-refractivity contribution in [2.24, 2.45) is 0 Å². The van der Waals surface area contributed by atoms with Crippen LogP contribution in [0.15, 0.2) is 24.3 Å².